The predicted octanol–water partition coefficient (Wildman–Crippen LogP) is 2.63. The van der Waals surface area contributed by atoms with E-state index in [-0.39, 0.29) is 17.9 Å². The molecule has 0 saturated heterocycles. The number of amides is 1. The van der Waals surface area contributed by atoms with Gasteiger partial charge in [0.2, 0.25) is 10.0 Å². The molecule has 1 N–H and O–H groups in total. The number of ether oxygens (including phenoxy) is 1. The van der Waals surface area contributed by atoms with Crippen molar-refractivity contribution >= 4 is 33.6 Å². The van der Waals surface area contributed by atoms with E-state index < -0.39 is 15.9 Å². The van der Waals surface area contributed by atoms with Crippen LogP contribution < -0.4 is 9.46 Å². The van der Waals surface area contributed by atoms with Crippen LogP contribution in [0.1, 0.15) is 16.7 Å². The summed E-state index contributed by atoms with van der Waals surface area (Å²) >= 11 is 5.92. The molecule has 0 aromatic heterocycles. The lowest BCUT2D eigenvalue weighted by Gasteiger charge is -2.17. The van der Waals surface area contributed by atoms with Gasteiger partial charge in [-0.25, -0.2) is 13.1 Å². The quantitative estimate of drug-likeness (QED) is 0.868. The number of carbonyl (C=O) groups is 1. The number of sulfonamides is 1. The zero-order chi connectivity index (χ0) is 18.7. The Morgan fingerprint density at radius 3 is 2.65 bits per heavy atom. The van der Waals surface area contributed by atoms with Gasteiger partial charge >= 0.3 is 0 Å². The summed E-state index contributed by atoms with van der Waals surface area (Å²) in [5, 5.41) is 9.24. The number of carbonyl (C=O) groups excluding carboxylic acids is 1. The van der Waals surface area contributed by atoms with E-state index in [1.165, 1.54) is 24.3 Å². The van der Waals surface area contributed by atoms with Crippen molar-refractivity contribution < 1.29 is 17.9 Å². The first-order chi connectivity index (χ1) is 12.4. The minimum atomic E-state index is -3.89. The number of nitrogens with zero attached hydrogens (tertiary/aromatic N) is 1. The molecular formula is C18H13ClN2O4S. The molecule has 0 unspecified atom stereocenters. The second-order valence-corrected chi connectivity index (χ2v) is 7.80. The molecule has 1 aliphatic rings. The Morgan fingerprint density at radius 1 is 1.23 bits per heavy atom. The fourth-order valence-corrected chi connectivity index (χ4v) is 3.71. The minimum Gasteiger partial charge on any atom is -0.488 e. The maximum Gasteiger partial charge on any atom is 0.264 e. The van der Waals surface area contributed by atoms with Gasteiger partial charge < -0.3 is 4.74 Å². The van der Waals surface area contributed by atoms with E-state index in [4.69, 9.17) is 21.6 Å². The molecule has 1 amide bonds. The Hall–Kier alpha value is -2.82. The Balaban J connectivity index is 1.73. The normalized spacial score (nSPS) is 13.0. The van der Waals surface area contributed by atoms with E-state index >= 15 is 0 Å². The minimum absolute atomic E-state index is 0.0349. The van der Waals surface area contributed by atoms with Gasteiger partial charge in [-0.1, -0.05) is 23.7 Å². The summed E-state index contributed by atoms with van der Waals surface area (Å²) in [5.74, 6) is -0.545. The zero-order valence-corrected chi connectivity index (χ0v) is 15.0. The van der Waals surface area contributed by atoms with Gasteiger partial charge in [0.1, 0.15) is 12.4 Å². The zero-order valence-electron chi connectivity index (χ0n) is 13.4. The summed E-state index contributed by atoms with van der Waals surface area (Å²) in [5.41, 5.74) is 1.69. The monoisotopic (exact) mass is 388 g/mol. The molecule has 1 heterocycles. The second-order valence-electron chi connectivity index (χ2n) is 5.64. The van der Waals surface area contributed by atoms with Crippen LogP contribution in [0.5, 0.6) is 5.75 Å². The standard InChI is InChI=1S/C18H13ClN2O4S/c19-16-5-6-17-14(8-16)7-15(10-25-17)18(22)21-26(23,24)11-13-3-1-12(9-20)2-4-13/h1-8H,10-11H2,(H,21,22). The molecule has 8 heteroatoms. The van der Waals surface area contributed by atoms with Crippen molar-refractivity contribution in [1.82, 2.24) is 4.72 Å². The van der Waals surface area contributed by atoms with Crippen LogP contribution in [0, 0.1) is 11.3 Å². The summed E-state index contributed by atoms with van der Waals surface area (Å²) in [6, 6.07) is 13.0. The van der Waals surface area contributed by atoms with E-state index in [1.807, 2.05) is 10.8 Å². The van der Waals surface area contributed by atoms with E-state index in [0.717, 1.165) is 0 Å². The van der Waals surface area contributed by atoms with Crippen molar-refractivity contribution in [3.63, 3.8) is 0 Å². The fourth-order valence-electron chi connectivity index (χ4n) is 2.42. The molecule has 0 atom stereocenters. The fraction of sp³-hybridized carbons (Fsp3) is 0.111. The first kappa shape index (κ1) is 18.0. The second kappa shape index (κ2) is 7.20. The third kappa shape index (κ3) is 4.23. The molecule has 2 aromatic carbocycles. The van der Waals surface area contributed by atoms with Crippen molar-refractivity contribution in [1.29, 1.82) is 5.26 Å². The molecule has 0 aliphatic carbocycles. The maximum absolute atomic E-state index is 12.3. The van der Waals surface area contributed by atoms with Gasteiger partial charge in [-0.2, -0.15) is 5.26 Å². The average Bonchev–Trinajstić information content (AvgIpc) is 2.61. The Morgan fingerprint density at radius 2 is 1.96 bits per heavy atom. The van der Waals surface area contributed by atoms with Crippen LogP contribution in [0.4, 0.5) is 0 Å². The number of fused-ring (bicyclic) bond motifs is 1. The molecule has 6 nitrogen and oxygen atoms in total. The van der Waals surface area contributed by atoms with Crippen molar-refractivity contribution in [2.45, 2.75) is 5.75 Å². The number of nitrogens with one attached hydrogen (secondary N) is 1. The molecular weight excluding hydrogens is 376 g/mol. The van der Waals surface area contributed by atoms with E-state index in [1.54, 1.807) is 24.3 Å². The molecule has 132 valence electrons. The lowest BCUT2D eigenvalue weighted by molar-refractivity contribution is -0.116. The van der Waals surface area contributed by atoms with Crippen LogP contribution in [0.3, 0.4) is 0 Å². The average molecular weight is 389 g/mol. The Bertz CT molecular complexity index is 1040. The van der Waals surface area contributed by atoms with Crippen molar-refractivity contribution in [2.24, 2.45) is 0 Å². The SMILES string of the molecule is N#Cc1ccc(CS(=O)(=O)NC(=O)C2=Cc3cc(Cl)ccc3OC2)cc1. The molecule has 0 radical (unpaired) electrons. The van der Waals surface area contributed by atoms with Gasteiger partial charge in [-0.05, 0) is 42.0 Å². The number of nitriles is 1. The number of halogens is 1. The molecule has 2 aromatic rings. The van der Waals surface area contributed by atoms with Gasteiger partial charge in [0.15, 0.2) is 0 Å². The van der Waals surface area contributed by atoms with Gasteiger partial charge in [-0.15, -0.1) is 0 Å². The first-order valence-electron chi connectivity index (χ1n) is 7.53. The van der Waals surface area contributed by atoms with Gasteiger partial charge in [0.05, 0.1) is 23.0 Å². The highest BCUT2D eigenvalue weighted by Gasteiger charge is 2.22. The maximum atomic E-state index is 12.3. The van der Waals surface area contributed by atoms with Crippen molar-refractivity contribution in [2.75, 3.05) is 6.61 Å². The Labute approximate surface area is 155 Å². The summed E-state index contributed by atoms with van der Waals surface area (Å²) in [6.07, 6.45) is 1.55. The number of benzene rings is 2. The summed E-state index contributed by atoms with van der Waals surface area (Å²) in [6.45, 7) is -0.0349. The molecule has 0 spiro atoms. The third-order valence-electron chi connectivity index (χ3n) is 3.66. The highest BCUT2D eigenvalue weighted by molar-refractivity contribution is 7.89. The van der Waals surface area contributed by atoms with E-state index in [9.17, 15) is 13.2 Å². The van der Waals surface area contributed by atoms with Crippen LogP contribution in [-0.2, 0) is 20.6 Å². The lowest BCUT2D eigenvalue weighted by atomic mass is 10.1. The highest BCUT2D eigenvalue weighted by atomic mass is 35.5. The molecule has 26 heavy (non-hydrogen) atoms. The van der Waals surface area contributed by atoms with Crippen molar-refractivity contribution in [3.8, 4) is 11.8 Å². The van der Waals surface area contributed by atoms with Crippen molar-refractivity contribution in [3.05, 3.63) is 69.8 Å². The van der Waals surface area contributed by atoms with Crippen LogP contribution in [0.2, 0.25) is 5.02 Å². The largest absolute Gasteiger partial charge is 0.488 e. The predicted molar refractivity (Wildman–Crippen MR) is 96.8 cm³/mol. The third-order valence-corrected chi connectivity index (χ3v) is 5.11. The Kier molecular flexibility index (Phi) is 4.98. The molecule has 0 bridgehead atoms. The molecule has 0 fully saturated rings. The summed E-state index contributed by atoms with van der Waals surface area (Å²) in [4.78, 5) is 12.3. The molecule has 3 rings (SSSR count). The van der Waals surface area contributed by atoms with E-state index in [2.05, 4.69) is 0 Å². The topological polar surface area (TPSA) is 96.3 Å². The van der Waals surface area contributed by atoms with E-state index in [0.29, 0.717) is 27.5 Å². The molecule has 1 aliphatic heterocycles. The first-order valence-corrected chi connectivity index (χ1v) is 9.56. The number of hydrogen-bond acceptors (Lipinski definition) is 5. The highest BCUT2D eigenvalue weighted by Crippen LogP contribution is 2.29. The smallest absolute Gasteiger partial charge is 0.264 e. The number of hydrogen-bond donors (Lipinski definition) is 1. The van der Waals surface area contributed by atoms with Gasteiger partial charge in [-0.3, -0.25) is 4.79 Å². The van der Waals surface area contributed by atoms with Crippen LogP contribution in [0.25, 0.3) is 6.08 Å². The van der Waals surface area contributed by atoms with Crippen LogP contribution in [-0.4, -0.2) is 20.9 Å². The van der Waals surface area contributed by atoms with Gasteiger partial charge in [0.25, 0.3) is 5.91 Å². The van der Waals surface area contributed by atoms with Crippen LogP contribution in [0.15, 0.2) is 48.0 Å². The lowest BCUT2D eigenvalue weighted by Crippen LogP contribution is -2.34. The summed E-state index contributed by atoms with van der Waals surface area (Å²) < 4.78 is 31.9. The summed E-state index contributed by atoms with van der Waals surface area (Å²) in [7, 11) is -3.89. The van der Waals surface area contributed by atoms with Crippen LogP contribution >= 0.6 is 11.6 Å². The number of rotatable bonds is 4. The molecule has 0 saturated carbocycles. The van der Waals surface area contributed by atoms with Gasteiger partial charge in [0, 0.05) is 10.6 Å².